The number of benzene rings is 3. The van der Waals surface area contributed by atoms with Crippen LogP contribution in [0, 0.1) is 17.0 Å². The average molecular weight is 457 g/mol. The molecule has 3 aromatic rings. The van der Waals surface area contributed by atoms with Gasteiger partial charge in [0.2, 0.25) is 5.78 Å². The van der Waals surface area contributed by atoms with Crippen LogP contribution in [0.1, 0.15) is 33.1 Å². The fourth-order valence-corrected chi connectivity index (χ4v) is 3.86. The normalized spacial score (nSPS) is 17.1. The predicted octanol–water partition coefficient (Wildman–Crippen LogP) is 3.03. The highest BCUT2D eigenvalue weighted by Gasteiger charge is 2.45. The zero-order valence-corrected chi connectivity index (χ0v) is 17.8. The van der Waals surface area contributed by atoms with Gasteiger partial charge in [0.05, 0.1) is 16.5 Å². The van der Waals surface area contributed by atoms with Crippen molar-refractivity contribution in [3.63, 3.8) is 0 Å². The van der Waals surface area contributed by atoms with Crippen LogP contribution < -0.4 is 10.0 Å². The van der Waals surface area contributed by atoms with E-state index in [4.69, 9.17) is 0 Å². The molecule has 0 bridgehead atoms. The molecule has 1 N–H and O–H groups in total. The molecule has 1 aliphatic rings. The second-order valence-electron chi connectivity index (χ2n) is 7.72. The van der Waals surface area contributed by atoms with Crippen LogP contribution in [0.5, 0.6) is 0 Å². The molecule has 0 radical (unpaired) electrons. The molecule has 1 amide bonds. The van der Waals surface area contributed by atoms with Gasteiger partial charge in [-0.3, -0.25) is 24.6 Å². The molecule has 0 saturated carbocycles. The molecule has 1 heterocycles. The molecule has 170 valence electrons. The van der Waals surface area contributed by atoms with E-state index in [1.165, 1.54) is 60.7 Å². The van der Waals surface area contributed by atoms with Crippen LogP contribution in [-0.4, -0.2) is 27.7 Å². The number of amides is 1. The molecule has 0 aliphatic carbocycles. The molecule has 4 rings (SSSR count). The number of carbonyl (C=O) groups excluding carboxylic acids is 2. The molecule has 0 unspecified atom stereocenters. The summed E-state index contributed by atoms with van der Waals surface area (Å²) in [5.74, 6) is -4.02. The van der Waals surface area contributed by atoms with E-state index in [0.29, 0.717) is 0 Å². The number of carboxylic acids is 1. The van der Waals surface area contributed by atoms with Gasteiger partial charge in [0, 0.05) is 23.4 Å². The molecule has 1 saturated heterocycles. The van der Waals surface area contributed by atoms with E-state index in [-0.39, 0.29) is 33.6 Å². The summed E-state index contributed by atoms with van der Waals surface area (Å²) < 4.78 is 0. The number of aromatic carboxylic acids is 1. The van der Waals surface area contributed by atoms with Gasteiger partial charge < -0.3 is 10.2 Å². The summed E-state index contributed by atoms with van der Waals surface area (Å²) in [6.07, 6.45) is 0. The third kappa shape index (κ3) is 3.90. The molecule has 1 atom stereocenters. The molecule has 9 nitrogen and oxygen atoms in total. The lowest BCUT2D eigenvalue weighted by Gasteiger charge is -2.27. The first-order valence-electron chi connectivity index (χ1n) is 10.1. The van der Waals surface area contributed by atoms with Gasteiger partial charge in [0.1, 0.15) is 0 Å². The highest BCUT2D eigenvalue weighted by Crippen LogP contribution is 2.42. The van der Waals surface area contributed by atoms with Crippen molar-refractivity contribution in [2.75, 3.05) is 4.90 Å². The van der Waals surface area contributed by atoms with Crippen LogP contribution in [0.3, 0.4) is 0 Å². The Morgan fingerprint density at radius 1 is 0.971 bits per heavy atom. The lowest BCUT2D eigenvalue weighted by Crippen LogP contribution is -2.29. The zero-order valence-electron chi connectivity index (χ0n) is 17.8. The molecular weight excluding hydrogens is 440 g/mol. The molecule has 1 fully saturated rings. The summed E-state index contributed by atoms with van der Waals surface area (Å²) in [5.41, 5.74) is 0.525. The lowest BCUT2D eigenvalue weighted by atomic mass is 9.94. The Hall–Kier alpha value is -4.79. The minimum atomic E-state index is -1.28. The fraction of sp³-hybridized carbons (Fsp3) is 0.0800. The maximum absolute atomic E-state index is 13.4. The number of ketones is 1. The van der Waals surface area contributed by atoms with Gasteiger partial charge >= 0.3 is 5.97 Å². The van der Waals surface area contributed by atoms with Gasteiger partial charge in [-0.25, -0.2) is 4.79 Å². The summed E-state index contributed by atoms with van der Waals surface area (Å²) in [4.78, 5) is 49.4. The molecule has 1 aliphatic heterocycles. The number of nitrogens with zero attached hydrogens (tertiary/aromatic N) is 2. The Kier molecular flexibility index (Phi) is 5.68. The van der Waals surface area contributed by atoms with Gasteiger partial charge in [-0.15, -0.1) is 0 Å². The Balaban J connectivity index is 1.98. The SMILES string of the molecule is Cc1ccc(C([O-])=C2C(=O)C(=O)N(c3cccc(C(=O)O)c3)[C@@H]2c2cccc([N+](=O)[O-])c2)cc1. The average Bonchev–Trinajstić information content (AvgIpc) is 3.09. The van der Waals surface area contributed by atoms with E-state index in [0.717, 1.165) is 10.5 Å². The minimum Gasteiger partial charge on any atom is -0.872 e. The van der Waals surface area contributed by atoms with Gasteiger partial charge in [-0.1, -0.05) is 53.8 Å². The number of nitro benzene ring substituents is 1. The van der Waals surface area contributed by atoms with Crippen LogP contribution in [0.4, 0.5) is 11.4 Å². The first kappa shape index (κ1) is 22.4. The third-order valence-corrected chi connectivity index (χ3v) is 5.52. The van der Waals surface area contributed by atoms with Crippen LogP contribution in [0.25, 0.3) is 5.76 Å². The smallest absolute Gasteiger partial charge is 0.335 e. The molecule has 0 aromatic heterocycles. The first-order valence-corrected chi connectivity index (χ1v) is 10.1. The maximum Gasteiger partial charge on any atom is 0.335 e. The second kappa shape index (κ2) is 8.62. The molecule has 3 aromatic carbocycles. The number of non-ortho nitro benzene ring substituents is 1. The number of hydrogen-bond donors (Lipinski definition) is 1. The van der Waals surface area contributed by atoms with Crippen LogP contribution in [0.2, 0.25) is 0 Å². The van der Waals surface area contributed by atoms with Crippen molar-refractivity contribution in [3.05, 3.63) is 111 Å². The fourth-order valence-electron chi connectivity index (χ4n) is 3.86. The highest BCUT2D eigenvalue weighted by atomic mass is 16.6. The Morgan fingerprint density at radius 3 is 2.29 bits per heavy atom. The van der Waals surface area contributed by atoms with Crippen molar-refractivity contribution in [2.24, 2.45) is 0 Å². The Morgan fingerprint density at radius 2 is 1.65 bits per heavy atom. The highest BCUT2D eigenvalue weighted by molar-refractivity contribution is 6.51. The quantitative estimate of drug-likeness (QED) is 0.204. The van der Waals surface area contributed by atoms with Crippen LogP contribution in [-0.2, 0) is 9.59 Å². The summed E-state index contributed by atoms with van der Waals surface area (Å²) in [6.45, 7) is 1.83. The predicted molar refractivity (Wildman–Crippen MR) is 120 cm³/mol. The van der Waals surface area contributed by atoms with E-state index in [9.17, 15) is 34.7 Å². The number of nitro groups is 1. The van der Waals surface area contributed by atoms with Crippen LogP contribution >= 0.6 is 0 Å². The van der Waals surface area contributed by atoms with Gasteiger partial charge in [0.15, 0.2) is 0 Å². The van der Waals surface area contributed by atoms with Gasteiger partial charge in [-0.05, 0) is 36.2 Å². The van der Waals surface area contributed by atoms with Crippen molar-refractivity contribution < 1.29 is 29.5 Å². The van der Waals surface area contributed by atoms with Gasteiger partial charge in [-0.2, -0.15) is 0 Å². The molecule has 9 heteroatoms. The topological polar surface area (TPSA) is 141 Å². The van der Waals surface area contributed by atoms with E-state index in [1.807, 2.05) is 6.92 Å². The summed E-state index contributed by atoms with van der Waals surface area (Å²) in [5, 5.41) is 34.1. The number of Topliss-reactive ketones (excluding diaryl/α,β-unsaturated/α-hetero) is 1. The lowest BCUT2D eigenvalue weighted by molar-refractivity contribution is -0.384. The monoisotopic (exact) mass is 457 g/mol. The Labute approximate surface area is 193 Å². The minimum absolute atomic E-state index is 0.0708. The van der Waals surface area contributed by atoms with Gasteiger partial charge in [0.25, 0.3) is 11.6 Å². The summed E-state index contributed by atoms with van der Waals surface area (Å²) >= 11 is 0. The number of carbonyl (C=O) groups is 3. The number of rotatable bonds is 5. The zero-order chi connectivity index (χ0) is 24.6. The molecular formula is C25H17N2O7-. The standard InChI is InChI=1S/C25H18N2O7/c1-14-8-10-15(11-9-14)22(28)20-21(16-4-2-7-19(12-16)27(33)34)26(24(30)23(20)29)18-6-3-5-17(13-18)25(31)32/h2-13,21,28H,1H3,(H,31,32)/p-1/t21-/m1/s1. The van der Waals surface area contributed by atoms with Crippen molar-refractivity contribution in [2.45, 2.75) is 13.0 Å². The maximum atomic E-state index is 13.4. The second-order valence-corrected chi connectivity index (χ2v) is 7.72. The third-order valence-electron chi connectivity index (χ3n) is 5.52. The molecule has 0 spiro atoms. The van der Waals surface area contributed by atoms with Crippen molar-refractivity contribution in [3.8, 4) is 0 Å². The van der Waals surface area contributed by atoms with E-state index < -0.39 is 34.4 Å². The number of anilines is 1. The van der Waals surface area contributed by atoms with Crippen molar-refractivity contribution in [1.29, 1.82) is 0 Å². The first-order chi connectivity index (χ1) is 16.2. The van der Waals surface area contributed by atoms with Crippen molar-refractivity contribution in [1.82, 2.24) is 0 Å². The number of aryl methyl sites for hydroxylation is 1. The van der Waals surface area contributed by atoms with Crippen LogP contribution in [0.15, 0.2) is 78.4 Å². The van der Waals surface area contributed by atoms with E-state index >= 15 is 0 Å². The Bertz CT molecular complexity index is 1380. The largest absolute Gasteiger partial charge is 0.872 e. The summed E-state index contributed by atoms with van der Waals surface area (Å²) in [7, 11) is 0. The van der Waals surface area contributed by atoms with Crippen molar-refractivity contribution >= 4 is 34.8 Å². The number of carboxylic acid groups (broad SMARTS) is 1. The molecule has 34 heavy (non-hydrogen) atoms. The van der Waals surface area contributed by atoms with E-state index in [1.54, 1.807) is 12.1 Å². The van der Waals surface area contributed by atoms with E-state index in [2.05, 4.69) is 0 Å². The number of hydrogen-bond acceptors (Lipinski definition) is 6. The summed E-state index contributed by atoms with van der Waals surface area (Å²) in [6, 6.07) is 15.8.